The van der Waals surface area contributed by atoms with Crippen molar-refractivity contribution in [1.29, 1.82) is 0 Å². The first-order valence-corrected chi connectivity index (χ1v) is 10.7. The van der Waals surface area contributed by atoms with E-state index in [4.69, 9.17) is 11.6 Å². The fraction of sp³-hybridized carbons (Fsp3) is 0.235. The maximum Gasteiger partial charge on any atom is 0.231 e. The normalized spacial score (nSPS) is 11.2. The summed E-state index contributed by atoms with van der Waals surface area (Å²) in [5.41, 5.74) is 1.06. The zero-order valence-electron chi connectivity index (χ0n) is 13.9. The van der Waals surface area contributed by atoms with E-state index in [-0.39, 0.29) is 5.91 Å². The average molecular weight is 399 g/mol. The highest BCUT2D eigenvalue weighted by atomic mass is 35.5. The molecule has 2 aromatic carbocycles. The Morgan fingerprint density at radius 2 is 1.88 bits per heavy atom. The van der Waals surface area contributed by atoms with Crippen molar-refractivity contribution in [2.24, 2.45) is 0 Å². The van der Waals surface area contributed by atoms with E-state index in [2.05, 4.69) is 5.32 Å². The van der Waals surface area contributed by atoms with Gasteiger partial charge in [0.05, 0.1) is 11.9 Å². The Labute approximate surface area is 157 Å². The molecule has 2 rings (SSSR count). The summed E-state index contributed by atoms with van der Waals surface area (Å²) in [7, 11) is -1.87. The first-order chi connectivity index (χ1) is 11.8. The van der Waals surface area contributed by atoms with E-state index < -0.39 is 10.0 Å². The van der Waals surface area contributed by atoms with Crippen LogP contribution in [0.1, 0.15) is 6.42 Å². The predicted octanol–water partition coefficient (Wildman–Crippen LogP) is 3.86. The molecule has 134 valence electrons. The van der Waals surface area contributed by atoms with Gasteiger partial charge >= 0.3 is 0 Å². The third-order valence-corrected chi connectivity index (χ3v) is 5.87. The third-order valence-electron chi connectivity index (χ3n) is 3.40. The molecule has 0 heterocycles. The second-order valence-electron chi connectivity index (χ2n) is 5.38. The van der Waals surface area contributed by atoms with Gasteiger partial charge in [0, 0.05) is 34.8 Å². The largest absolute Gasteiger partial charge is 0.326 e. The van der Waals surface area contributed by atoms with Crippen LogP contribution >= 0.6 is 23.4 Å². The highest BCUT2D eigenvalue weighted by molar-refractivity contribution is 7.99. The van der Waals surface area contributed by atoms with E-state index in [0.717, 1.165) is 11.2 Å². The van der Waals surface area contributed by atoms with Gasteiger partial charge in [-0.3, -0.25) is 9.10 Å². The van der Waals surface area contributed by atoms with Gasteiger partial charge < -0.3 is 5.32 Å². The van der Waals surface area contributed by atoms with E-state index >= 15 is 0 Å². The third kappa shape index (κ3) is 6.26. The Bertz CT molecular complexity index is 839. The second-order valence-corrected chi connectivity index (χ2v) is 9.00. The van der Waals surface area contributed by atoms with Gasteiger partial charge in [0.1, 0.15) is 0 Å². The van der Waals surface area contributed by atoms with Crippen LogP contribution in [0.25, 0.3) is 0 Å². The number of sulfonamides is 1. The molecule has 0 bridgehead atoms. The summed E-state index contributed by atoms with van der Waals surface area (Å²) in [6, 6.07) is 14.2. The minimum absolute atomic E-state index is 0.124. The lowest BCUT2D eigenvalue weighted by molar-refractivity contribution is -0.115. The van der Waals surface area contributed by atoms with Gasteiger partial charge in [-0.15, -0.1) is 11.8 Å². The topological polar surface area (TPSA) is 66.5 Å². The number of hydrogen-bond acceptors (Lipinski definition) is 4. The summed E-state index contributed by atoms with van der Waals surface area (Å²) in [6.07, 6.45) is 1.48. The minimum atomic E-state index is -3.34. The summed E-state index contributed by atoms with van der Waals surface area (Å²) in [4.78, 5) is 13.1. The Morgan fingerprint density at radius 3 is 2.52 bits per heavy atom. The molecule has 0 aliphatic rings. The molecule has 0 aromatic heterocycles. The lowest BCUT2D eigenvalue weighted by atomic mass is 10.2. The molecule has 25 heavy (non-hydrogen) atoms. The summed E-state index contributed by atoms with van der Waals surface area (Å²) in [6.45, 7) is 0. The zero-order valence-corrected chi connectivity index (χ0v) is 16.3. The first kappa shape index (κ1) is 19.6. The SMILES string of the molecule is CN(c1cccc(NC(=O)CCSc2ccc(Cl)cc2)c1)S(C)(=O)=O. The summed E-state index contributed by atoms with van der Waals surface area (Å²) < 4.78 is 24.3. The van der Waals surface area contributed by atoms with Crippen LogP contribution in [-0.2, 0) is 14.8 Å². The van der Waals surface area contributed by atoms with Crippen molar-refractivity contribution in [3.8, 4) is 0 Å². The predicted molar refractivity (Wildman–Crippen MR) is 105 cm³/mol. The monoisotopic (exact) mass is 398 g/mol. The number of carbonyl (C=O) groups excluding carboxylic acids is 1. The number of nitrogens with zero attached hydrogens (tertiary/aromatic N) is 1. The van der Waals surface area contributed by atoms with Crippen LogP contribution in [0.2, 0.25) is 5.02 Å². The lowest BCUT2D eigenvalue weighted by Gasteiger charge is -2.17. The van der Waals surface area contributed by atoms with Crippen molar-refractivity contribution in [2.45, 2.75) is 11.3 Å². The van der Waals surface area contributed by atoms with Gasteiger partial charge in [0.2, 0.25) is 15.9 Å². The molecule has 0 aliphatic carbocycles. The Kier molecular flexibility index (Phi) is 6.75. The first-order valence-electron chi connectivity index (χ1n) is 7.48. The molecule has 0 fully saturated rings. The van der Waals surface area contributed by atoms with Crippen molar-refractivity contribution < 1.29 is 13.2 Å². The zero-order chi connectivity index (χ0) is 18.4. The molecule has 1 N–H and O–H groups in total. The van der Waals surface area contributed by atoms with E-state index in [9.17, 15) is 13.2 Å². The standard InChI is InChI=1S/C17H19ClN2O3S2/c1-20(25(2,22)23)15-5-3-4-14(12-15)19-17(21)10-11-24-16-8-6-13(18)7-9-16/h3-9,12H,10-11H2,1-2H3,(H,19,21). The maximum absolute atomic E-state index is 12.1. The fourth-order valence-corrected chi connectivity index (χ4v) is 3.46. The van der Waals surface area contributed by atoms with Gasteiger partial charge in [-0.2, -0.15) is 0 Å². The second kappa shape index (κ2) is 8.60. The summed E-state index contributed by atoms with van der Waals surface area (Å²) in [5.74, 6) is 0.511. The summed E-state index contributed by atoms with van der Waals surface area (Å²) in [5, 5.41) is 3.47. The molecule has 0 atom stereocenters. The summed E-state index contributed by atoms with van der Waals surface area (Å²) >= 11 is 7.41. The van der Waals surface area contributed by atoms with Crippen LogP contribution in [0.3, 0.4) is 0 Å². The van der Waals surface area contributed by atoms with Crippen LogP contribution in [0.15, 0.2) is 53.4 Å². The van der Waals surface area contributed by atoms with Gasteiger partial charge in [-0.05, 0) is 42.5 Å². The molecular formula is C17H19ClN2O3S2. The maximum atomic E-state index is 12.1. The number of rotatable bonds is 7. The van der Waals surface area contributed by atoms with Crippen LogP contribution in [-0.4, -0.2) is 33.4 Å². The Hall–Kier alpha value is -1.70. The van der Waals surface area contributed by atoms with Crippen LogP contribution in [0, 0.1) is 0 Å². The smallest absolute Gasteiger partial charge is 0.231 e. The van der Waals surface area contributed by atoms with Crippen molar-refractivity contribution >= 4 is 50.7 Å². The number of nitrogens with one attached hydrogen (secondary N) is 1. The number of halogens is 1. The van der Waals surface area contributed by atoms with Gasteiger partial charge in [0.15, 0.2) is 0 Å². The van der Waals surface area contributed by atoms with E-state index in [1.807, 2.05) is 24.3 Å². The van der Waals surface area contributed by atoms with Crippen molar-refractivity contribution in [3.63, 3.8) is 0 Å². The highest BCUT2D eigenvalue weighted by Crippen LogP contribution is 2.22. The van der Waals surface area contributed by atoms with E-state index in [1.165, 1.54) is 11.4 Å². The van der Waals surface area contributed by atoms with Crippen LogP contribution in [0.5, 0.6) is 0 Å². The quantitative estimate of drug-likeness (QED) is 0.719. The van der Waals surface area contributed by atoms with Gasteiger partial charge in [-0.25, -0.2) is 8.42 Å². The van der Waals surface area contributed by atoms with Gasteiger partial charge in [-0.1, -0.05) is 17.7 Å². The molecule has 5 nitrogen and oxygen atoms in total. The van der Waals surface area contributed by atoms with E-state index in [0.29, 0.717) is 28.6 Å². The molecule has 0 unspecified atom stereocenters. The Morgan fingerprint density at radius 1 is 1.20 bits per heavy atom. The molecule has 2 aromatic rings. The average Bonchev–Trinajstić information content (AvgIpc) is 2.55. The highest BCUT2D eigenvalue weighted by Gasteiger charge is 2.12. The molecule has 0 radical (unpaired) electrons. The Balaban J connectivity index is 1.89. The number of carbonyl (C=O) groups is 1. The number of hydrogen-bond donors (Lipinski definition) is 1. The minimum Gasteiger partial charge on any atom is -0.326 e. The molecule has 0 spiro atoms. The molecule has 0 saturated carbocycles. The number of benzene rings is 2. The van der Waals surface area contributed by atoms with E-state index in [1.54, 1.807) is 36.0 Å². The van der Waals surface area contributed by atoms with Crippen molar-refractivity contribution in [2.75, 3.05) is 28.7 Å². The molecule has 8 heteroatoms. The van der Waals surface area contributed by atoms with Crippen molar-refractivity contribution in [3.05, 3.63) is 53.6 Å². The number of thioether (sulfide) groups is 1. The molecule has 0 saturated heterocycles. The van der Waals surface area contributed by atoms with Crippen LogP contribution < -0.4 is 9.62 Å². The van der Waals surface area contributed by atoms with Gasteiger partial charge in [0.25, 0.3) is 0 Å². The molecular weight excluding hydrogens is 380 g/mol. The molecule has 0 aliphatic heterocycles. The number of amides is 1. The molecule has 1 amide bonds. The van der Waals surface area contributed by atoms with Crippen LogP contribution in [0.4, 0.5) is 11.4 Å². The lowest BCUT2D eigenvalue weighted by Crippen LogP contribution is -2.24. The fourth-order valence-electron chi connectivity index (χ4n) is 1.99. The number of anilines is 2. The van der Waals surface area contributed by atoms with Crippen molar-refractivity contribution in [1.82, 2.24) is 0 Å².